The molecule has 1 unspecified atom stereocenters. The van der Waals surface area contributed by atoms with E-state index in [2.05, 4.69) is 5.32 Å². The summed E-state index contributed by atoms with van der Waals surface area (Å²) >= 11 is 0. The smallest absolute Gasteiger partial charge is 0.239 e. The number of hydrogen-bond donors (Lipinski definition) is 2. The monoisotopic (exact) mass is 227 g/mol. The van der Waals surface area contributed by atoms with E-state index in [0.29, 0.717) is 13.0 Å². The van der Waals surface area contributed by atoms with E-state index in [1.165, 1.54) is 6.92 Å². The number of amides is 2. The predicted octanol–water partition coefficient (Wildman–Crippen LogP) is -0.149. The van der Waals surface area contributed by atoms with Crippen molar-refractivity contribution in [1.82, 2.24) is 10.2 Å². The second-order valence-corrected chi connectivity index (χ2v) is 4.34. The van der Waals surface area contributed by atoms with Crippen LogP contribution in [0.1, 0.15) is 33.1 Å². The highest BCUT2D eigenvalue weighted by atomic mass is 16.2. The normalized spacial score (nSPS) is 22.7. The zero-order chi connectivity index (χ0) is 12.1. The fraction of sp³-hybridized carbons (Fsp3) is 0.818. The van der Waals surface area contributed by atoms with Gasteiger partial charge in [-0.3, -0.25) is 9.59 Å². The zero-order valence-electron chi connectivity index (χ0n) is 10.0. The third-order valence-corrected chi connectivity index (χ3v) is 2.90. The van der Waals surface area contributed by atoms with Crippen molar-refractivity contribution in [1.29, 1.82) is 0 Å². The summed E-state index contributed by atoms with van der Waals surface area (Å²) in [6.45, 7) is 4.74. The molecule has 1 saturated heterocycles. The van der Waals surface area contributed by atoms with Gasteiger partial charge in [0.05, 0.1) is 6.04 Å². The summed E-state index contributed by atoms with van der Waals surface area (Å²) in [4.78, 5) is 24.6. The molecule has 1 rings (SSSR count). The van der Waals surface area contributed by atoms with Crippen molar-refractivity contribution in [3.05, 3.63) is 0 Å². The Labute approximate surface area is 96.4 Å². The lowest BCUT2D eigenvalue weighted by atomic mass is 10.0. The molecule has 3 N–H and O–H groups in total. The van der Waals surface area contributed by atoms with Crippen molar-refractivity contribution in [3.8, 4) is 0 Å². The number of rotatable bonds is 3. The molecule has 0 aromatic heterocycles. The first-order valence-corrected chi connectivity index (χ1v) is 5.86. The van der Waals surface area contributed by atoms with Crippen LogP contribution in [0.3, 0.4) is 0 Å². The van der Waals surface area contributed by atoms with Crippen LogP contribution < -0.4 is 11.1 Å². The Morgan fingerprint density at radius 1 is 1.56 bits per heavy atom. The first kappa shape index (κ1) is 13.0. The average molecular weight is 227 g/mol. The minimum Gasteiger partial charge on any atom is -0.352 e. The van der Waals surface area contributed by atoms with Crippen LogP contribution >= 0.6 is 0 Å². The van der Waals surface area contributed by atoms with Crippen LogP contribution in [0.2, 0.25) is 0 Å². The molecule has 0 aromatic rings. The van der Waals surface area contributed by atoms with Gasteiger partial charge in [-0.15, -0.1) is 0 Å². The highest BCUT2D eigenvalue weighted by Crippen LogP contribution is 2.11. The van der Waals surface area contributed by atoms with Gasteiger partial charge >= 0.3 is 0 Å². The molecule has 5 nitrogen and oxygen atoms in total. The Kier molecular flexibility index (Phi) is 4.73. The Morgan fingerprint density at radius 3 is 2.81 bits per heavy atom. The van der Waals surface area contributed by atoms with Crippen LogP contribution in [0.4, 0.5) is 0 Å². The van der Waals surface area contributed by atoms with Gasteiger partial charge in [-0.05, 0) is 19.3 Å². The first-order chi connectivity index (χ1) is 7.54. The molecule has 5 heteroatoms. The third-order valence-electron chi connectivity index (χ3n) is 2.90. The molecule has 92 valence electrons. The zero-order valence-corrected chi connectivity index (χ0v) is 10.0. The molecular weight excluding hydrogens is 206 g/mol. The van der Waals surface area contributed by atoms with Crippen LogP contribution in [-0.4, -0.2) is 41.9 Å². The Bertz CT molecular complexity index is 268. The maximum Gasteiger partial charge on any atom is 0.239 e. The molecule has 1 heterocycles. The van der Waals surface area contributed by atoms with E-state index in [0.717, 1.165) is 19.4 Å². The molecule has 0 aromatic carbocycles. The molecule has 0 radical (unpaired) electrons. The number of nitrogens with one attached hydrogen (secondary N) is 1. The van der Waals surface area contributed by atoms with Gasteiger partial charge in [-0.2, -0.15) is 0 Å². The molecule has 0 saturated carbocycles. The van der Waals surface area contributed by atoms with E-state index in [9.17, 15) is 9.59 Å². The topological polar surface area (TPSA) is 75.4 Å². The van der Waals surface area contributed by atoms with E-state index in [-0.39, 0.29) is 17.9 Å². The van der Waals surface area contributed by atoms with Gasteiger partial charge < -0.3 is 16.0 Å². The molecule has 0 aliphatic carbocycles. The lowest BCUT2D eigenvalue weighted by molar-refractivity contribution is -0.134. The van der Waals surface area contributed by atoms with Crippen LogP contribution in [0, 0.1) is 0 Å². The van der Waals surface area contributed by atoms with Gasteiger partial charge in [0, 0.05) is 26.1 Å². The molecule has 16 heavy (non-hydrogen) atoms. The van der Waals surface area contributed by atoms with E-state index < -0.39 is 6.04 Å². The second-order valence-electron chi connectivity index (χ2n) is 4.34. The largest absolute Gasteiger partial charge is 0.352 e. The standard InChI is InChI=1S/C11H21N3O2/c1-3-10(12)11(16)14-6-4-5-9(7-14)13-8(2)15/h9-10H,3-7,12H2,1-2H3,(H,13,15)/t9?,10-/m0/s1. The molecule has 1 aliphatic heterocycles. The van der Waals surface area contributed by atoms with Gasteiger partial charge in [0.2, 0.25) is 11.8 Å². The van der Waals surface area contributed by atoms with Gasteiger partial charge in [0.1, 0.15) is 0 Å². The van der Waals surface area contributed by atoms with Gasteiger partial charge in [0.25, 0.3) is 0 Å². The molecule has 2 amide bonds. The lowest BCUT2D eigenvalue weighted by Crippen LogP contribution is -2.53. The van der Waals surface area contributed by atoms with E-state index in [1.807, 2.05) is 6.92 Å². The maximum atomic E-state index is 11.8. The van der Waals surface area contributed by atoms with Crippen molar-refractivity contribution in [2.24, 2.45) is 5.73 Å². The van der Waals surface area contributed by atoms with Crippen LogP contribution in [-0.2, 0) is 9.59 Å². The average Bonchev–Trinajstić information content (AvgIpc) is 2.26. The van der Waals surface area contributed by atoms with Gasteiger partial charge in [-0.25, -0.2) is 0 Å². The van der Waals surface area contributed by atoms with E-state index in [4.69, 9.17) is 5.73 Å². The second kappa shape index (κ2) is 5.84. The summed E-state index contributed by atoms with van der Waals surface area (Å²) in [6, 6.07) is -0.324. The van der Waals surface area contributed by atoms with E-state index >= 15 is 0 Å². The summed E-state index contributed by atoms with van der Waals surface area (Å²) in [5.74, 6) is -0.0448. The van der Waals surface area contributed by atoms with Crippen molar-refractivity contribution in [2.45, 2.75) is 45.2 Å². The fourth-order valence-electron chi connectivity index (χ4n) is 1.99. The highest BCUT2D eigenvalue weighted by Gasteiger charge is 2.26. The number of nitrogens with two attached hydrogens (primary N) is 1. The Hall–Kier alpha value is -1.10. The van der Waals surface area contributed by atoms with Crippen molar-refractivity contribution in [2.75, 3.05) is 13.1 Å². The van der Waals surface area contributed by atoms with Crippen molar-refractivity contribution >= 4 is 11.8 Å². The van der Waals surface area contributed by atoms with Crippen molar-refractivity contribution in [3.63, 3.8) is 0 Å². The number of carbonyl (C=O) groups excluding carboxylic acids is 2. The minimum absolute atomic E-state index is 0.00227. The van der Waals surface area contributed by atoms with Gasteiger partial charge in [-0.1, -0.05) is 6.92 Å². The molecule has 0 spiro atoms. The number of piperidine rings is 1. The number of nitrogens with zero attached hydrogens (tertiary/aromatic N) is 1. The first-order valence-electron chi connectivity index (χ1n) is 5.86. The Morgan fingerprint density at radius 2 is 2.25 bits per heavy atom. The molecule has 1 fully saturated rings. The summed E-state index contributed by atoms with van der Waals surface area (Å²) in [7, 11) is 0. The van der Waals surface area contributed by atoms with Crippen LogP contribution in [0.5, 0.6) is 0 Å². The van der Waals surface area contributed by atoms with E-state index in [1.54, 1.807) is 4.90 Å². The summed E-state index contributed by atoms with van der Waals surface area (Å²) in [6.07, 6.45) is 2.51. The van der Waals surface area contributed by atoms with Gasteiger partial charge in [0.15, 0.2) is 0 Å². The third kappa shape index (κ3) is 3.48. The number of hydrogen-bond acceptors (Lipinski definition) is 3. The van der Waals surface area contributed by atoms with Crippen LogP contribution in [0.25, 0.3) is 0 Å². The Balaban J connectivity index is 2.49. The molecular formula is C11H21N3O2. The van der Waals surface area contributed by atoms with Crippen molar-refractivity contribution < 1.29 is 9.59 Å². The molecule has 2 atom stereocenters. The lowest BCUT2D eigenvalue weighted by Gasteiger charge is -2.34. The van der Waals surface area contributed by atoms with Crippen LogP contribution in [0.15, 0.2) is 0 Å². The molecule has 1 aliphatic rings. The minimum atomic E-state index is -0.406. The summed E-state index contributed by atoms with van der Waals surface area (Å²) in [5, 5.41) is 2.85. The quantitative estimate of drug-likeness (QED) is 0.704. The summed E-state index contributed by atoms with van der Waals surface area (Å²) < 4.78 is 0. The predicted molar refractivity (Wildman–Crippen MR) is 61.7 cm³/mol. The molecule has 0 bridgehead atoms. The highest BCUT2D eigenvalue weighted by molar-refractivity contribution is 5.81. The summed E-state index contributed by atoms with van der Waals surface area (Å²) in [5.41, 5.74) is 5.72. The number of carbonyl (C=O) groups is 2. The SMILES string of the molecule is CC[C@H](N)C(=O)N1CCCC(NC(C)=O)C1. The number of likely N-dealkylation sites (tertiary alicyclic amines) is 1. The maximum absolute atomic E-state index is 11.8. The fourth-order valence-corrected chi connectivity index (χ4v) is 1.99.